The zero-order valence-electron chi connectivity index (χ0n) is 13.8. The molecule has 0 bridgehead atoms. The van der Waals surface area contributed by atoms with Crippen molar-refractivity contribution in [1.29, 1.82) is 0 Å². The lowest BCUT2D eigenvalue weighted by molar-refractivity contribution is -0.148. The van der Waals surface area contributed by atoms with Gasteiger partial charge in [0, 0.05) is 11.8 Å². The van der Waals surface area contributed by atoms with Gasteiger partial charge in [-0.3, -0.25) is 10.1 Å². The quantitative estimate of drug-likeness (QED) is 0.452. The van der Waals surface area contributed by atoms with E-state index < -0.39 is 5.54 Å². The van der Waals surface area contributed by atoms with Gasteiger partial charge in [0.05, 0.1) is 12.8 Å². The Morgan fingerprint density at radius 3 is 2.62 bits per heavy atom. The van der Waals surface area contributed by atoms with Crippen molar-refractivity contribution in [2.24, 2.45) is 0 Å². The minimum atomic E-state index is -0.647. The third kappa shape index (κ3) is 5.36. The Kier molecular flexibility index (Phi) is 6.74. The maximum absolute atomic E-state index is 12.0. The van der Waals surface area contributed by atoms with Gasteiger partial charge < -0.3 is 9.15 Å². The lowest BCUT2D eigenvalue weighted by Crippen LogP contribution is -2.53. The fourth-order valence-electron chi connectivity index (χ4n) is 2.19. The number of esters is 1. The molecular weight excluding hydrogens is 288 g/mol. The molecule has 1 rings (SSSR count). The lowest BCUT2D eigenvalue weighted by Gasteiger charge is -2.30. The maximum atomic E-state index is 12.0. The fourth-order valence-corrected chi connectivity index (χ4v) is 3.03. The zero-order valence-corrected chi connectivity index (χ0v) is 14.6. The van der Waals surface area contributed by atoms with Crippen LogP contribution in [0, 0.1) is 13.8 Å². The average Bonchev–Trinajstić information content (AvgIpc) is 2.72. The molecule has 1 aromatic heterocycles. The summed E-state index contributed by atoms with van der Waals surface area (Å²) in [5, 5.41) is 3.99. The predicted molar refractivity (Wildman–Crippen MR) is 84.6 cm³/mol. The Labute approximate surface area is 131 Å². The van der Waals surface area contributed by atoms with E-state index in [0.29, 0.717) is 11.6 Å². The number of hydrogen-bond acceptors (Lipinski definition) is 6. The van der Waals surface area contributed by atoms with Crippen molar-refractivity contribution in [3.63, 3.8) is 0 Å². The van der Waals surface area contributed by atoms with Gasteiger partial charge in [0.25, 0.3) is 5.22 Å². The molecule has 1 aromatic rings. The molecule has 0 saturated heterocycles. The van der Waals surface area contributed by atoms with Gasteiger partial charge in [-0.1, -0.05) is 11.8 Å². The van der Waals surface area contributed by atoms with Crippen LogP contribution in [0.5, 0.6) is 0 Å². The molecule has 0 aliphatic carbocycles. The normalized spacial score (nSPS) is 14.2. The SMILES string of the molecule is COC(=O)C(C)(CCCSc1nc(C)c(C)o1)NC(C)C. The Bertz CT molecular complexity index is 454. The molecule has 6 heteroatoms. The number of nitrogens with one attached hydrogen (secondary N) is 1. The average molecular weight is 314 g/mol. The Hall–Kier alpha value is -1.01. The van der Waals surface area contributed by atoms with E-state index in [1.807, 2.05) is 34.6 Å². The molecule has 0 saturated carbocycles. The van der Waals surface area contributed by atoms with Gasteiger partial charge >= 0.3 is 5.97 Å². The van der Waals surface area contributed by atoms with Crippen LogP contribution in [0.15, 0.2) is 9.64 Å². The molecule has 5 nitrogen and oxygen atoms in total. The van der Waals surface area contributed by atoms with Crippen molar-refractivity contribution in [3.8, 4) is 0 Å². The number of ether oxygens (including phenoxy) is 1. The number of aryl methyl sites for hydroxylation is 2. The minimum Gasteiger partial charge on any atom is -0.468 e. The largest absolute Gasteiger partial charge is 0.468 e. The summed E-state index contributed by atoms with van der Waals surface area (Å²) in [5.41, 5.74) is 0.282. The summed E-state index contributed by atoms with van der Waals surface area (Å²) in [4.78, 5) is 16.3. The second-order valence-electron chi connectivity index (χ2n) is 5.70. The molecule has 1 atom stereocenters. The molecule has 0 spiro atoms. The van der Waals surface area contributed by atoms with Crippen LogP contribution in [0.4, 0.5) is 0 Å². The molecular formula is C15H26N2O3S. The first-order chi connectivity index (χ1) is 9.78. The Morgan fingerprint density at radius 1 is 1.48 bits per heavy atom. The molecule has 1 unspecified atom stereocenters. The van der Waals surface area contributed by atoms with E-state index in [2.05, 4.69) is 10.3 Å². The number of hydrogen-bond donors (Lipinski definition) is 1. The molecule has 1 heterocycles. The van der Waals surface area contributed by atoms with E-state index >= 15 is 0 Å². The molecule has 0 aliphatic rings. The van der Waals surface area contributed by atoms with Crippen molar-refractivity contribution < 1.29 is 13.9 Å². The predicted octanol–water partition coefficient (Wildman–Crippen LogP) is 3.09. The first-order valence-corrected chi connectivity index (χ1v) is 8.20. The molecule has 0 aromatic carbocycles. The van der Waals surface area contributed by atoms with Gasteiger partial charge in [-0.25, -0.2) is 4.98 Å². The highest BCUT2D eigenvalue weighted by atomic mass is 32.2. The smallest absolute Gasteiger partial charge is 0.325 e. The van der Waals surface area contributed by atoms with Crippen LogP contribution in [-0.2, 0) is 9.53 Å². The van der Waals surface area contributed by atoms with Gasteiger partial charge in [-0.05, 0) is 47.5 Å². The van der Waals surface area contributed by atoms with Crippen LogP contribution < -0.4 is 5.32 Å². The number of carbonyl (C=O) groups is 1. The van der Waals surface area contributed by atoms with E-state index in [1.54, 1.807) is 11.8 Å². The second-order valence-corrected chi connectivity index (χ2v) is 6.74. The summed E-state index contributed by atoms with van der Waals surface area (Å²) in [6, 6.07) is 0.221. The number of methoxy groups -OCH3 is 1. The van der Waals surface area contributed by atoms with Crippen LogP contribution in [0.1, 0.15) is 45.1 Å². The third-order valence-corrected chi connectivity index (χ3v) is 4.21. The van der Waals surface area contributed by atoms with Crippen molar-refractivity contribution in [2.45, 2.75) is 64.3 Å². The summed E-state index contributed by atoms with van der Waals surface area (Å²) in [6.07, 6.45) is 1.58. The van der Waals surface area contributed by atoms with E-state index in [1.165, 1.54) is 7.11 Å². The zero-order chi connectivity index (χ0) is 16.0. The number of aromatic nitrogens is 1. The summed E-state index contributed by atoms with van der Waals surface area (Å²) in [5.74, 6) is 1.49. The van der Waals surface area contributed by atoms with Gasteiger partial charge in [0.1, 0.15) is 11.3 Å². The van der Waals surface area contributed by atoms with Crippen molar-refractivity contribution in [1.82, 2.24) is 10.3 Å². The molecule has 1 N–H and O–H groups in total. The van der Waals surface area contributed by atoms with E-state index in [-0.39, 0.29) is 12.0 Å². The first-order valence-electron chi connectivity index (χ1n) is 7.21. The molecule has 0 aliphatic heterocycles. The van der Waals surface area contributed by atoms with Crippen LogP contribution in [0.3, 0.4) is 0 Å². The summed E-state index contributed by atoms with van der Waals surface area (Å²) in [6.45, 7) is 9.78. The summed E-state index contributed by atoms with van der Waals surface area (Å²) >= 11 is 1.58. The number of rotatable bonds is 8. The van der Waals surface area contributed by atoms with Crippen LogP contribution >= 0.6 is 11.8 Å². The standard InChI is InChI=1S/C15H26N2O3S/c1-10(2)17-15(5,13(18)19-6)8-7-9-21-14-16-11(3)12(4)20-14/h10,17H,7-9H2,1-6H3. The topological polar surface area (TPSA) is 64.4 Å². The van der Waals surface area contributed by atoms with Gasteiger partial charge in [-0.15, -0.1) is 0 Å². The molecule has 0 fully saturated rings. The van der Waals surface area contributed by atoms with Crippen molar-refractivity contribution >= 4 is 17.7 Å². The van der Waals surface area contributed by atoms with Crippen LogP contribution in [0.2, 0.25) is 0 Å². The Morgan fingerprint density at radius 2 is 2.14 bits per heavy atom. The van der Waals surface area contributed by atoms with Crippen molar-refractivity contribution in [3.05, 3.63) is 11.5 Å². The minimum absolute atomic E-state index is 0.219. The van der Waals surface area contributed by atoms with Crippen LogP contribution in [0.25, 0.3) is 0 Å². The van der Waals surface area contributed by atoms with Gasteiger partial charge in [0.15, 0.2) is 0 Å². The number of carbonyl (C=O) groups excluding carboxylic acids is 1. The molecule has 21 heavy (non-hydrogen) atoms. The third-order valence-electron chi connectivity index (χ3n) is 3.30. The van der Waals surface area contributed by atoms with E-state index in [0.717, 1.165) is 23.6 Å². The highest BCUT2D eigenvalue weighted by Crippen LogP contribution is 2.23. The van der Waals surface area contributed by atoms with Gasteiger partial charge in [-0.2, -0.15) is 0 Å². The number of thioether (sulfide) groups is 1. The second kappa shape index (κ2) is 7.84. The monoisotopic (exact) mass is 314 g/mol. The van der Waals surface area contributed by atoms with E-state index in [9.17, 15) is 4.79 Å². The fraction of sp³-hybridized carbons (Fsp3) is 0.733. The highest BCUT2D eigenvalue weighted by Gasteiger charge is 2.34. The summed E-state index contributed by atoms with van der Waals surface area (Å²) < 4.78 is 10.4. The molecule has 120 valence electrons. The maximum Gasteiger partial charge on any atom is 0.325 e. The molecule has 0 amide bonds. The van der Waals surface area contributed by atoms with Crippen LogP contribution in [-0.4, -0.2) is 35.4 Å². The Balaban J connectivity index is 2.48. The van der Waals surface area contributed by atoms with Crippen molar-refractivity contribution in [2.75, 3.05) is 12.9 Å². The molecule has 0 radical (unpaired) electrons. The first kappa shape index (κ1) is 18.0. The van der Waals surface area contributed by atoms with E-state index in [4.69, 9.17) is 9.15 Å². The highest BCUT2D eigenvalue weighted by molar-refractivity contribution is 7.99. The summed E-state index contributed by atoms with van der Waals surface area (Å²) in [7, 11) is 1.43. The lowest BCUT2D eigenvalue weighted by atomic mass is 9.95. The number of nitrogens with zero attached hydrogens (tertiary/aromatic N) is 1. The van der Waals surface area contributed by atoms with Gasteiger partial charge in [0.2, 0.25) is 0 Å². The number of oxazole rings is 1.